The van der Waals surface area contributed by atoms with E-state index < -0.39 is 0 Å². The molecular weight excluding hydrogens is 154 g/mol. The van der Waals surface area contributed by atoms with Gasteiger partial charge in [0.25, 0.3) is 0 Å². The molecule has 0 spiro atoms. The van der Waals surface area contributed by atoms with Crippen LogP contribution in [0.15, 0.2) is 0 Å². The van der Waals surface area contributed by atoms with Crippen molar-refractivity contribution in [1.29, 1.82) is 0 Å². The molecule has 0 saturated carbocycles. The lowest BCUT2D eigenvalue weighted by Crippen LogP contribution is -2.42. The van der Waals surface area contributed by atoms with Gasteiger partial charge in [-0.15, -0.1) is 0 Å². The smallest absolute Gasteiger partial charge is 0.228 e. The van der Waals surface area contributed by atoms with E-state index in [0.29, 0.717) is 13.2 Å². The summed E-state index contributed by atoms with van der Waals surface area (Å²) in [5.74, 6) is 0.120. The second-order valence-electron chi connectivity index (χ2n) is 3.99. The number of rotatable bonds is 2. The lowest BCUT2D eigenvalue weighted by Gasteiger charge is -2.22. The molecule has 1 rings (SSSR count). The summed E-state index contributed by atoms with van der Waals surface area (Å²) in [5, 5.41) is 2.91. The van der Waals surface area contributed by atoms with E-state index in [1.54, 1.807) is 0 Å². The van der Waals surface area contributed by atoms with Gasteiger partial charge >= 0.3 is 0 Å². The number of ether oxygens (including phenoxy) is 1. The minimum atomic E-state index is -0.287. The summed E-state index contributed by atoms with van der Waals surface area (Å²) in [6.07, 6.45) is 0.839. The van der Waals surface area contributed by atoms with E-state index >= 15 is 0 Å². The van der Waals surface area contributed by atoms with Gasteiger partial charge in [0.05, 0.1) is 12.0 Å². The zero-order chi connectivity index (χ0) is 9.19. The number of hydrogen-bond acceptors (Lipinski definition) is 2. The monoisotopic (exact) mass is 171 g/mol. The highest BCUT2D eigenvalue weighted by molar-refractivity contribution is 5.82. The van der Waals surface area contributed by atoms with E-state index in [1.807, 2.05) is 20.8 Å². The summed E-state index contributed by atoms with van der Waals surface area (Å²) in [5.41, 5.74) is -0.287. The molecule has 1 N–H and O–H groups in total. The maximum absolute atomic E-state index is 11.6. The van der Waals surface area contributed by atoms with Crippen LogP contribution in [0, 0.1) is 5.41 Å². The Balaban J connectivity index is 2.50. The van der Waals surface area contributed by atoms with Crippen molar-refractivity contribution in [1.82, 2.24) is 5.32 Å². The van der Waals surface area contributed by atoms with Gasteiger partial charge in [-0.1, -0.05) is 0 Å². The first-order valence-corrected chi connectivity index (χ1v) is 4.43. The number of nitrogens with one attached hydrogen (secondary N) is 1. The summed E-state index contributed by atoms with van der Waals surface area (Å²) in [6, 6.07) is 0.218. The van der Waals surface area contributed by atoms with E-state index in [0.717, 1.165) is 6.42 Å². The quantitative estimate of drug-likeness (QED) is 0.671. The Bertz CT molecular complexity index is 171. The number of carbonyl (C=O) groups is 1. The van der Waals surface area contributed by atoms with E-state index in [4.69, 9.17) is 4.74 Å². The highest BCUT2D eigenvalue weighted by Gasteiger charge is 2.37. The van der Waals surface area contributed by atoms with Gasteiger partial charge in [-0.25, -0.2) is 0 Å². The van der Waals surface area contributed by atoms with Gasteiger partial charge in [0.2, 0.25) is 5.91 Å². The first kappa shape index (κ1) is 9.52. The molecule has 12 heavy (non-hydrogen) atoms. The van der Waals surface area contributed by atoms with E-state index in [2.05, 4.69) is 5.32 Å². The van der Waals surface area contributed by atoms with Crippen molar-refractivity contribution in [3.05, 3.63) is 0 Å². The first-order valence-electron chi connectivity index (χ1n) is 4.43. The minimum absolute atomic E-state index is 0.120. The third kappa shape index (κ3) is 1.97. The zero-order valence-electron chi connectivity index (χ0n) is 8.02. The van der Waals surface area contributed by atoms with E-state index in [1.165, 1.54) is 0 Å². The molecule has 1 fully saturated rings. The molecule has 0 aliphatic carbocycles. The number of amides is 1. The van der Waals surface area contributed by atoms with Crippen molar-refractivity contribution in [3.63, 3.8) is 0 Å². The fourth-order valence-corrected chi connectivity index (χ4v) is 1.28. The summed E-state index contributed by atoms with van der Waals surface area (Å²) in [7, 11) is 0. The lowest BCUT2D eigenvalue weighted by molar-refractivity contribution is -0.130. The van der Waals surface area contributed by atoms with Gasteiger partial charge in [0, 0.05) is 12.6 Å². The molecule has 1 unspecified atom stereocenters. The average Bonchev–Trinajstić information content (AvgIpc) is 2.36. The Morgan fingerprint density at radius 2 is 2.25 bits per heavy atom. The van der Waals surface area contributed by atoms with Crippen LogP contribution in [0.5, 0.6) is 0 Å². The van der Waals surface area contributed by atoms with Crippen LogP contribution in [0.1, 0.15) is 27.2 Å². The topological polar surface area (TPSA) is 38.3 Å². The molecule has 3 nitrogen and oxygen atoms in total. The second-order valence-corrected chi connectivity index (χ2v) is 3.99. The molecule has 1 atom stereocenters. The summed E-state index contributed by atoms with van der Waals surface area (Å²) in [4.78, 5) is 11.6. The number of carbonyl (C=O) groups excluding carboxylic acids is 1. The minimum Gasteiger partial charge on any atom is -0.380 e. The van der Waals surface area contributed by atoms with Crippen LogP contribution in [-0.2, 0) is 9.53 Å². The molecule has 0 aromatic heterocycles. The molecule has 0 aromatic rings. The zero-order valence-corrected chi connectivity index (χ0v) is 8.02. The maximum Gasteiger partial charge on any atom is 0.228 e. The maximum atomic E-state index is 11.6. The van der Waals surface area contributed by atoms with Crippen LogP contribution < -0.4 is 5.32 Å². The average molecular weight is 171 g/mol. The van der Waals surface area contributed by atoms with Gasteiger partial charge in [-0.3, -0.25) is 4.79 Å². The van der Waals surface area contributed by atoms with Crippen molar-refractivity contribution in [2.45, 2.75) is 33.2 Å². The third-order valence-corrected chi connectivity index (χ3v) is 2.19. The SMILES string of the molecule is CC(C)NC(=O)C1(C)CCOC1. The Hall–Kier alpha value is -0.570. The molecule has 1 aliphatic heterocycles. The fraction of sp³-hybridized carbons (Fsp3) is 0.889. The molecule has 70 valence electrons. The van der Waals surface area contributed by atoms with Crippen LogP contribution in [0.25, 0.3) is 0 Å². The van der Waals surface area contributed by atoms with Crippen LogP contribution in [0.3, 0.4) is 0 Å². The second kappa shape index (κ2) is 3.44. The van der Waals surface area contributed by atoms with Crippen LogP contribution >= 0.6 is 0 Å². The van der Waals surface area contributed by atoms with Gasteiger partial charge in [0.1, 0.15) is 0 Å². The Kier molecular flexibility index (Phi) is 2.73. The highest BCUT2D eigenvalue weighted by Crippen LogP contribution is 2.27. The van der Waals surface area contributed by atoms with Gasteiger partial charge in [0.15, 0.2) is 0 Å². The standard InChI is InChI=1S/C9H17NO2/c1-7(2)10-8(11)9(3)4-5-12-6-9/h7H,4-6H2,1-3H3,(H,10,11). The Morgan fingerprint density at radius 1 is 1.58 bits per heavy atom. The highest BCUT2D eigenvalue weighted by atomic mass is 16.5. The molecule has 1 heterocycles. The van der Waals surface area contributed by atoms with Crippen molar-refractivity contribution >= 4 is 5.91 Å². The molecule has 1 saturated heterocycles. The lowest BCUT2D eigenvalue weighted by atomic mass is 9.89. The predicted molar refractivity (Wildman–Crippen MR) is 46.8 cm³/mol. The molecule has 1 aliphatic rings. The molecule has 0 radical (unpaired) electrons. The van der Waals surface area contributed by atoms with Crippen molar-refractivity contribution in [3.8, 4) is 0 Å². The van der Waals surface area contributed by atoms with Gasteiger partial charge < -0.3 is 10.1 Å². The Labute approximate surface area is 73.5 Å². The summed E-state index contributed by atoms with van der Waals surface area (Å²) < 4.78 is 5.20. The first-order chi connectivity index (χ1) is 5.54. The van der Waals surface area contributed by atoms with Crippen LogP contribution in [0.4, 0.5) is 0 Å². The normalized spacial score (nSPS) is 29.3. The van der Waals surface area contributed by atoms with Crippen LogP contribution in [0.2, 0.25) is 0 Å². The summed E-state index contributed by atoms with van der Waals surface area (Å²) in [6.45, 7) is 7.17. The molecule has 0 bridgehead atoms. The van der Waals surface area contributed by atoms with E-state index in [9.17, 15) is 4.79 Å². The van der Waals surface area contributed by atoms with Crippen molar-refractivity contribution in [2.75, 3.05) is 13.2 Å². The van der Waals surface area contributed by atoms with Gasteiger partial charge in [-0.2, -0.15) is 0 Å². The molecule has 1 amide bonds. The van der Waals surface area contributed by atoms with Crippen LogP contribution in [-0.4, -0.2) is 25.2 Å². The fourth-order valence-electron chi connectivity index (χ4n) is 1.28. The predicted octanol–water partition coefficient (Wildman–Crippen LogP) is 0.938. The van der Waals surface area contributed by atoms with Gasteiger partial charge in [-0.05, 0) is 27.2 Å². The third-order valence-electron chi connectivity index (χ3n) is 2.19. The molecular formula is C9H17NO2. The largest absolute Gasteiger partial charge is 0.380 e. The molecule has 3 heteroatoms. The number of hydrogen-bond donors (Lipinski definition) is 1. The molecule has 0 aromatic carbocycles. The van der Waals surface area contributed by atoms with Crippen molar-refractivity contribution in [2.24, 2.45) is 5.41 Å². The summed E-state index contributed by atoms with van der Waals surface area (Å²) >= 11 is 0. The van der Waals surface area contributed by atoms with Crippen molar-refractivity contribution < 1.29 is 9.53 Å². The van der Waals surface area contributed by atoms with E-state index in [-0.39, 0.29) is 17.4 Å². The Morgan fingerprint density at radius 3 is 2.67 bits per heavy atom.